The molecule has 2 rings (SSSR count). The first-order valence-corrected chi connectivity index (χ1v) is 11.0. The van der Waals surface area contributed by atoms with Crippen LogP contribution in [0.1, 0.15) is 56.8 Å². The van der Waals surface area contributed by atoms with Gasteiger partial charge >= 0.3 is 6.09 Å². The van der Waals surface area contributed by atoms with Crippen LogP contribution in [0.2, 0.25) is 0 Å². The molecule has 0 aromatic heterocycles. The Bertz CT molecular complexity index is 728. The van der Waals surface area contributed by atoms with Crippen LogP contribution in [0.5, 0.6) is 0 Å². The fourth-order valence-corrected chi connectivity index (χ4v) is 3.53. The first kappa shape index (κ1) is 24.9. The Morgan fingerprint density at radius 1 is 1.19 bits per heavy atom. The first-order chi connectivity index (χ1) is 14.7. The van der Waals surface area contributed by atoms with E-state index in [4.69, 9.17) is 9.47 Å². The largest absolute Gasteiger partial charge is 0.444 e. The number of piperidine rings is 1. The number of nitrogens with zero attached hydrogens (tertiary/aromatic N) is 1. The number of methoxy groups -OCH3 is 1. The summed E-state index contributed by atoms with van der Waals surface area (Å²) in [7, 11) is 1.54. The molecule has 0 atom stereocenters. The standard InChI is InChI=1S/C23H36FN3O4/c1-23(2,3)31-22(29)27-13-9-17(10-14-27)6-5-11-25-18-7-8-19(20(24)16-18)21(28)26-12-15-30-4/h7-8,16-17,25H,5-6,9-15H2,1-4H3,(H,26,28). The zero-order chi connectivity index (χ0) is 22.9. The third kappa shape index (κ3) is 8.73. The molecular weight excluding hydrogens is 401 g/mol. The number of rotatable bonds is 9. The van der Waals surface area contributed by atoms with E-state index in [1.165, 1.54) is 12.1 Å². The summed E-state index contributed by atoms with van der Waals surface area (Å²) in [6, 6.07) is 4.56. The second kappa shape index (κ2) is 11.9. The van der Waals surface area contributed by atoms with Crippen molar-refractivity contribution >= 4 is 17.7 Å². The van der Waals surface area contributed by atoms with Gasteiger partial charge in [0, 0.05) is 39.0 Å². The van der Waals surface area contributed by atoms with Gasteiger partial charge in [-0.25, -0.2) is 9.18 Å². The lowest BCUT2D eigenvalue weighted by Crippen LogP contribution is -2.41. The van der Waals surface area contributed by atoms with Crippen molar-refractivity contribution in [3.8, 4) is 0 Å². The number of carbonyl (C=O) groups excluding carboxylic acids is 2. The monoisotopic (exact) mass is 437 g/mol. The molecule has 0 saturated carbocycles. The maximum absolute atomic E-state index is 14.2. The Morgan fingerprint density at radius 3 is 2.52 bits per heavy atom. The maximum atomic E-state index is 14.2. The van der Waals surface area contributed by atoms with Crippen LogP contribution >= 0.6 is 0 Å². The highest BCUT2D eigenvalue weighted by Gasteiger charge is 2.26. The molecule has 174 valence electrons. The van der Waals surface area contributed by atoms with Gasteiger partial charge in [-0.2, -0.15) is 0 Å². The van der Waals surface area contributed by atoms with E-state index in [0.717, 1.165) is 45.3 Å². The number of amides is 2. The predicted octanol–water partition coefficient (Wildman–Crippen LogP) is 4.04. The lowest BCUT2D eigenvalue weighted by molar-refractivity contribution is 0.0181. The van der Waals surface area contributed by atoms with E-state index < -0.39 is 17.3 Å². The van der Waals surface area contributed by atoms with Crippen LogP contribution in [0.3, 0.4) is 0 Å². The molecule has 7 nitrogen and oxygen atoms in total. The van der Waals surface area contributed by atoms with Crippen LogP contribution in [0.15, 0.2) is 18.2 Å². The van der Waals surface area contributed by atoms with E-state index in [-0.39, 0.29) is 11.7 Å². The van der Waals surface area contributed by atoms with Gasteiger partial charge < -0.3 is 25.0 Å². The second-order valence-electron chi connectivity index (χ2n) is 8.92. The van der Waals surface area contributed by atoms with Crippen molar-refractivity contribution in [3.63, 3.8) is 0 Å². The average Bonchev–Trinajstić information content (AvgIpc) is 2.70. The van der Waals surface area contributed by atoms with E-state index in [0.29, 0.717) is 24.8 Å². The molecule has 31 heavy (non-hydrogen) atoms. The van der Waals surface area contributed by atoms with Gasteiger partial charge in [-0.05, 0) is 70.6 Å². The molecule has 2 N–H and O–H groups in total. The minimum Gasteiger partial charge on any atom is -0.444 e. The Labute approximate surface area is 184 Å². The smallest absolute Gasteiger partial charge is 0.410 e. The number of hydrogen-bond acceptors (Lipinski definition) is 5. The Morgan fingerprint density at radius 2 is 1.90 bits per heavy atom. The van der Waals surface area contributed by atoms with Gasteiger partial charge in [0.05, 0.1) is 12.2 Å². The number of halogens is 1. The van der Waals surface area contributed by atoms with E-state index in [9.17, 15) is 14.0 Å². The molecular formula is C23H36FN3O4. The minimum absolute atomic E-state index is 0.0263. The molecule has 0 aliphatic carbocycles. The van der Waals surface area contributed by atoms with E-state index in [2.05, 4.69) is 10.6 Å². The lowest BCUT2D eigenvalue weighted by atomic mass is 9.92. The Hall–Kier alpha value is -2.35. The molecule has 0 unspecified atom stereocenters. The second-order valence-corrected chi connectivity index (χ2v) is 8.92. The molecule has 1 fully saturated rings. The lowest BCUT2D eigenvalue weighted by Gasteiger charge is -2.33. The summed E-state index contributed by atoms with van der Waals surface area (Å²) in [6.07, 6.45) is 3.72. The molecule has 0 bridgehead atoms. The first-order valence-electron chi connectivity index (χ1n) is 11.0. The summed E-state index contributed by atoms with van der Waals surface area (Å²) in [5.74, 6) is -0.413. The van der Waals surface area contributed by atoms with Gasteiger partial charge in [0.25, 0.3) is 5.91 Å². The van der Waals surface area contributed by atoms with Gasteiger partial charge in [-0.15, -0.1) is 0 Å². The van der Waals surface area contributed by atoms with Crippen LogP contribution < -0.4 is 10.6 Å². The van der Waals surface area contributed by atoms with Gasteiger partial charge in [-0.1, -0.05) is 0 Å². The summed E-state index contributed by atoms with van der Waals surface area (Å²) in [6.45, 7) is 8.54. The van der Waals surface area contributed by atoms with E-state index in [1.807, 2.05) is 20.8 Å². The molecule has 8 heteroatoms. The zero-order valence-electron chi connectivity index (χ0n) is 19.1. The highest BCUT2D eigenvalue weighted by molar-refractivity contribution is 5.94. The van der Waals surface area contributed by atoms with E-state index in [1.54, 1.807) is 18.1 Å². The maximum Gasteiger partial charge on any atom is 0.410 e. The quantitative estimate of drug-likeness (QED) is 0.570. The van der Waals surface area contributed by atoms with Crippen molar-refractivity contribution in [2.24, 2.45) is 5.92 Å². The third-order valence-corrected chi connectivity index (χ3v) is 5.19. The third-order valence-electron chi connectivity index (χ3n) is 5.19. The van der Waals surface area contributed by atoms with Gasteiger partial charge in [0.15, 0.2) is 0 Å². The number of anilines is 1. The summed E-state index contributed by atoms with van der Waals surface area (Å²) >= 11 is 0. The topological polar surface area (TPSA) is 79.9 Å². The van der Waals surface area contributed by atoms with Crippen molar-refractivity contribution in [2.45, 2.75) is 52.1 Å². The molecule has 1 aliphatic heterocycles. The fraction of sp³-hybridized carbons (Fsp3) is 0.652. The number of benzene rings is 1. The Balaban J connectivity index is 1.67. The molecule has 1 aromatic rings. The zero-order valence-corrected chi connectivity index (χ0v) is 19.1. The summed E-state index contributed by atoms with van der Waals surface area (Å²) in [5.41, 5.74) is 0.217. The minimum atomic E-state index is -0.547. The fourth-order valence-electron chi connectivity index (χ4n) is 3.53. The number of hydrogen-bond donors (Lipinski definition) is 2. The van der Waals surface area contributed by atoms with Gasteiger partial charge in [-0.3, -0.25) is 4.79 Å². The summed E-state index contributed by atoms with van der Waals surface area (Å²) < 4.78 is 24.5. The molecule has 1 aromatic carbocycles. The van der Waals surface area contributed by atoms with Crippen LogP contribution in [0, 0.1) is 11.7 Å². The number of carbonyl (C=O) groups is 2. The Kier molecular flexibility index (Phi) is 9.55. The molecule has 1 saturated heterocycles. The summed E-state index contributed by atoms with van der Waals surface area (Å²) in [5, 5.41) is 5.83. The van der Waals surface area contributed by atoms with E-state index >= 15 is 0 Å². The van der Waals surface area contributed by atoms with Gasteiger partial charge in [0.2, 0.25) is 0 Å². The molecule has 2 amide bonds. The van der Waals surface area contributed by atoms with Crippen molar-refractivity contribution in [1.82, 2.24) is 10.2 Å². The average molecular weight is 438 g/mol. The van der Waals surface area contributed by atoms with Crippen LogP contribution in [-0.4, -0.2) is 62.4 Å². The van der Waals surface area contributed by atoms with Crippen LogP contribution in [-0.2, 0) is 9.47 Å². The highest BCUT2D eigenvalue weighted by Crippen LogP contribution is 2.23. The molecule has 1 heterocycles. The number of ether oxygens (including phenoxy) is 2. The van der Waals surface area contributed by atoms with Gasteiger partial charge in [0.1, 0.15) is 11.4 Å². The highest BCUT2D eigenvalue weighted by atomic mass is 19.1. The SMILES string of the molecule is COCCNC(=O)c1ccc(NCCCC2CCN(C(=O)OC(C)(C)C)CC2)cc1F. The van der Waals surface area contributed by atoms with Crippen molar-refractivity contribution in [1.29, 1.82) is 0 Å². The van der Waals surface area contributed by atoms with Crippen molar-refractivity contribution in [3.05, 3.63) is 29.6 Å². The van der Waals surface area contributed by atoms with Crippen molar-refractivity contribution < 1.29 is 23.5 Å². The van der Waals surface area contributed by atoms with Crippen molar-refractivity contribution in [2.75, 3.05) is 45.2 Å². The normalized spacial score (nSPS) is 14.9. The molecule has 1 aliphatic rings. The molecule has 0 spiro atoms. The predicted molar refractivity (Wildman–Crippen MR) is 119 cm³/mol. The summed E-state index contributed by atoms with van der Waals surface area (Å²) in [4.78, 5) is 25.9. The number of likely N-dealkylation sites (tertiary alicyclic amines) is 1. The molecule has 0 radical (unpaired) electrons. The van der Waals surface area contributed by atoms with Crippen LogP contribution in [0.4, 0.5) is 14.9 Å². The number of nitrogens with one attached hydrogen (secondary N) is 2. The van der Waals surface area contributed by atoms with Crippen LogP contribution in [0.25, 0.3) is 0 Å².